The zero-order valence-electron chi connectivity index (χ0n) is 9.86. The van der Waals surface area contributed by atoms with Gasteiger partial charge in [-0.2, -0.15) is 13.2 Å². The van der Waals surface area contributed by atoms with Crippen molar-refractivity contribution in [2.24, 2.45) is 5.73 Å². The standard InChI is InChI=1S/C13H15F4N/c14-11-9(12(7-8-18)5-2-6-12)3-1-4-10(11)13(15,16)17/h1,3-4H,2,5-8,18H2. The molecule has 0 aliphatic heterocycles. The Morgan fingerprint density at radius 3 is 2.33 bits per heavy atom. The second kappa shape index (κ2) is 4.53. The van der Waals surface area contributed by atoms with Crippen molar-refractivity contribution in [1.82, 2.24) is 0 Å². The lowest BCUT2D eigenvalue weighted by molar-refractivity contribution is -0.140. The molecule has 0 radical (unpaired) electrons. The molecule has 18 heavy (non-hydrogen) atoms. The minimum atomic E-state index is -4.65. The summed E-state index contributed by atoms with van der Waals surface area (Å²) in [5.41, 5.74) is 4.00. The van der Waals surface area contributed by atoms with Gasteiger partial charge in [0.05, 0.1) is 5.56 Å². The summed E-state index contributed by atoms with van der Waals surface area (Å²) in [4.78, 5) is 0. The maximum absolute atomic E-state index is 14.0. The Morgan fingerprint density at radius 1 is 1.22 bits per heavy atom. The third-order valence-electron chi connectivity index (χ3n) is 3.81. The van der Waals surface area contributed by atoms with Crippen molar-refractivity contribution >= 4 is 0 Å². The third-order valence-corrected chi connectivity index (χ3v) is 3.81. The van der Waals surface area contributed by atoms with Crippen molar-refractivity contribution in [3.63, 3.8) is 0 Å². The van der Waals surface area contributed by atoms with E-state index in [1.165, 1.54) is 12.1 Å². The van der Waals surface area contributed by atoms with Gasteiger partial charge in [0.25, 0.3) is 0 Å². The topological polar surface area (TPSA) is 26.0 Å². The summed E-state index contributed by atoms with van der Waals surface area (Å²) in [5, 5.41) is 0. The summed E-state index contributed by atoms with van der Waals surface area (Å²) in [7, 11) is 0. The zero-order chi connectivity index (χ0) is 13.4. The van der Waals surface area contributed by atoms with Crippen LogP contribution in [-0.2, 0) is 11.6 Å². The number of nitrogens with two attached hydrogens (primary N) is 1. The molecule has 0 spiro atoms. The predicted octanol–water partition coefficient (Wildman–Crippen LogP) is 3.62. The molecule has 0 heterocycles. The summed E-state index contributed by atoms with van der Waals surface area (Å²) in [6.07, 6.45) is -1.78. The van der Waals surface area contributed by atoms with E-state index in [9.17, 15) is 17.6 Å². The van der Waals surface area contributed by atoms with Gasteiger partial charge in [-0.05, 0) is 42.9 Å². The highest BCUT2D eigenvalue weighted by atomic mass is 19.4. The van der Waals surface area contributed by atoms with Crippen molar-refractivity contribution in [2.45, 2.75) is 37.3 Å². The Bertz CT molecular complexity index is 435. The fraction of sp³-hybridized carbons (Fsp3) is 0.538. The molecule has 2 N–H and O–H groups in total. The van der Waals surface area contributed by atoms with E-state index in [2.05, 4.69) is 0 Å². The SMILES string of the molecule is NCCC1(c2cccc(C(F)(F)F)c2F)CCC1. The van der Waals surface area contributed by atoms with Gasteiger partial charge in [0, 0.05) is 0 Å². The number of rotatable bonds is 3. The molecule has 1 fully saturated rings. The Kier molecular flexibility index (Phi) is 3.36. The van der Waals surface area contributed by atoms with Crippen LogP contribution in [0.3, 0.4) is 0 Å². The van der Waals surface area contributed by atoms with Crippen LogP contribution in [0.4, 0.5) is 17.6 Å². The molecule has 0 bridgehead atoms. The highest BCUT2D eigenvalue weighted by molar-refractivity contribution is 5.35. The molecule has 5 heteroatoms. The third kappa shape index (κ3) is 2.11. The van der Waals surface area contributed by atoms with Crippen molar-refractivity contribution in [3.8, 4) is 0 Å². The molecule has 2 rings (SSSR count). The van der Waals surface area contributed by atoms with E-state index in [0.29, 0.717) is 25.8 Å². The molecule has 1 aromatic rings. The van der Waals surface area contributed by atoms with Gasteiger partial charge in [0.15, 0.2) is 0 Å². The van der Waals surface area contributed by atoms with E-state index < -0.39 is 23.0 Å². The van der Waals surface area contributed by atoms with E-state index >= 15 is 0 Å². The molecule has 100 valence electrons. The smallest absolute Gasteiger partial charge is 0.330 e. The van der Waals surface area contributed by atoms with E-state index in [-0.39, 0.29) is 5.56 Å². The molecular formula is C13H15F4N. The van der Waals surface area contributed by atoms with Crippen molar-refractivity contribution in [1.29, 1.82) is 0 Å². The van der Waals surface area contributed by atoms with E-state index in [0.717, 1.165) is 12.5 Å². The first kappa shape index (κ1) is 13.3. The van der Waals surface area contributed by atoms with Crippen molar-refractivity contribution < 1.29 is 17.6 Å². The molecule has 0 unspecified atom stereocenters. The Morgan fingerprint density at radius 2 is 1.89 bits per heavy atom. The highest BCUT2D eigenvalue weighted by Gasteiger charge is 2.43. The molecule has 0 saturated heterocycles. The average Bonchev–Trinajstić information content (AvgIpc) is 2.22. The summed E-state index contributed by atoms with van der Waals surface area (Å²) >= 11 is 0. The molecule has 1 aliphatic rings. The molecule has 1 saturated carbocycles. The first-order valence-corrected chi connectivity index (χ1v) is 5.97. The van der Waals surface area contributed by atoms with E-state index in [1.807, 2.05) is 0 Å². The highest BCUT2D eigenvalue weighted by Crippen LogP contribution is 2.48. The molecule has 0 atom stereocenters. The first-order chi connectivity index (χ1) is 8.41. The Balaban J connectivity index is 2.46. The minimum Gasteiger partial charge on any atom is -0.330 e. The van der Waals surface area contributed by atoms with Gasteiger partial charge in [-0.25, -0.2) is 4.39 Å². The Hall–Kier alpha value is -1.10. The fourth-order valence-electron chi connectivity index (χ4n) is 2.69. The van der Waals surface area contributed by atoms with Crippen molar-refractivity contribution in [3.05, 3.63) is 35.1 Å². The molecular weight excluding hydrogens is 246 g/mol. The molecule has 1 aromatic carbocycles. The largest absolute Gasteiger partial charge is 0.419 e. The van der Waals surface area contributed by atoms with Crippen LogP contribution in [0.15, 0.2) is 18.2 Å². The maximum Gasteiger partial charge on any atom is 0.419 e. The number of halogens is 4. The van der Waals surface area contributed by atoms with Gasteiger partial charge >= 0.3 is 6.18 Å². The van der Waals surface area contributed by atoms with E-state index in [1.54, 1.807) is 0 Å². The normalized spacial score (nSPS) is 18.5. The summed E-state index contributed by atoms with van der Waals surface area (Å²) < 4.78 is 52.0. The minimum absolute atomic E-state index is 0.175. The fourth-order valence-corrected chi connectivity index (χ4v) is 2.69. The van der Waals surface area contributed by atoms with Gasteiger partial charge in [-0.15, -0.1) is 0 Å². The van der Waals surface area contributed by atoms with Crippen LogP contribution < -0.4 is 5.73 Å². The average molecular weight is 261 g/mol. The van der Waals surface area contributed by atoms with Crippen LogP contribution in [0.1, 0.15) is 36.8 Å². The molecule has 0 amide bonds. The van der Waals surface area contributed by atoms with Crippen LogP contribution in [0.25, 0.3) is 0 Å². The second-order valence-corrected chi connectivity index (χ2v) is 4.84. The molecule has 1 nitrogen and oxygen atoms in total. The van der Waals surface area contributed by atoms with Gasteiger partial charge in [0.1, 0.15) is 5.82 Å². The Labute approximate surface area is 103 Å². The zero-order valence-corrected chi connectivity index (χ0v) is 9.86. The molecule has 0 aromatic heterocycles. The van der Waals surface area contributed by atoms with Crippen LogP contribution in [0.5, 0.6) is 0 Å². The lowest BCUT2D eigenvalue weighted by atomic mass is 9.62. The van der Waals surface area contributed by atoms with Gasteiger partial charge in [-0.1, -0.05) is 18.6 Å². The monoisotopic (exact) mass is 261 g/mol. The number of benzene rings is 1. The lowest BCUT2D eigenvalue weighted by Crippen LogP contribution is -2.37. The van der Waals surface area contributed by atoms with Crippen LogP contribution >= 0.6 is 0 Å². The summed E-state index contributed by atoms with van der Waals surface area (Å²) in [5.74, 6) is -1.13. The van der Waals surface area contributed by atoms with Gasteiger partial charge in [-0.3, -0.25) is 0 Å². The quantitative estimate of drug-likeness (QED) is 0.826. The van der Waals surface area contributed by atoms with Crippen LogP contribution in [0, 0.1) is 5.82 Å². The van der Waals surface area contributed by atoms with Gasteiger partial charge in [0.2, 0.25) is 0 Å². The predicted molar refractivity (Wildman–Crippen MR) is 60.6 cm³/mol. The summed E-state index contributed by atoms with van der Waals surface area (Å²) in [6, 6.07) is 3.52. The second-order valence-electron chi connectivity index (χ2n) is 4.84. The number of alkyl halides is 3. The lowest BCUT2D eigenvalue weighted by Gasteiger charge is -2.43. The number of hydrogen-bond donors (Lipinski definition) is 1. The van der Waals surface area contributed by atoms with Gasteiger partial charge < -0.3 is 5.73 Å². The molecule has 1 aliphatic carbocycles. The van der Waals surface area contributed by atoms with Crippen LogP contribution in [0.2, 0.25) is 0 Å². The number of hydrogen-bond acceptors (Lipinski definition) is 1. The first-order valence-electron chi connectivity index (χ1n) is 5.97. The van der Waals surface area contributed by atoms with Crippen molar-refractivity contribution in [2.75, 3.05) is 6.54 Å². The summed E-state index contributed by atoms with van der Waals surface area (Å²) in [6.45, 7) is 0.357. The van der Waals surface area contributed by atoms with E-state index in [4.69, 9.17) is 5.73 Å². The maximum atomic E-state index is 14.0. The van der Waals surface area contributed by atoms with Crippen LogP contribution in [-0.4, -0.2) is 6.54 Å².